The van der Waals surface area contributed by atoms with Gasteiger partial charge in [-0.25, -0.2) is 4.52 Å². The zero-order valence-electron chi connectivity index (χ0n) is 18.3. The van der Waals surface area contributed by atoms with Crippen LogP contribution in [0, 0.1) is 20.8 Å². The van der Waals surface area contributed by atoms with Crippen molar-refractivity contribution in [2.24, 2.45) is 0 Å². The summed E-state index contributed by atoms with van der Waals surface area (Å²) in [6, 6.07) is 13.8. The summed E-state index contributed by atoms with van der Waals surface area (Å²) in [5.41, 5.74) is 7.43. The molecule has 0 saturated heterocycles. The van der Waals surface area contributed by atoms with Gasteiger partial charge in [-0.2, -0.15) is 5.10 Å². The molecule has 3 heterocycles. The summed E-state index contributed by atoms with van der Waals surface area (Å²) in [4.78, 5) is 12.5. The van der Waals surface area contributed by atoms with Crippen LogP contribution in [0.3, 0.4) is 0 Å². The Kier molecular flexibility index (Phi) is 5.55. The van der Waals surface area contributed by atoms with E-state index in [1.54, 1.807) is 6.07 Å². The van der Waals surface area contributed by atoms with E-state index < -0.39 is 0 Å². The first-order valence-electron chi connectivity index (χ1n) is 10.4. The number of thioether (sulfide) groups is 1. The van der Waals surface area contributed by atoms with Crippen molar-refractivity contribution in [3.8, 4) is 11.3 Å². The highest BCUT2D eigenvalue weighted by Crippen LogP contribution is 2.27. The number of halogens is 1. The average molecular weight is 477 g/mol. The topological polar surface area (TPSA) is 76.6 Å². The van der Waals surface area contributed by atoms with Crippen LogP contribution in [0.5, 0.6) is 0 Å². The van der Waals surface area contributed by atoms with Crippen LogP contribution in [0.4, 0.5) is 5.69 Å². The third-order valence-electron chi connectivity index (χ3n) is 5.53. The van der Waals surface area contributed by atoms with Gasteiger partial charge in [0.15, 0.2) is 10.8 Å². The zero-order chi connectivity index (χ0) is 23.1. The van der Waals surface area contributed by atoms with E-state index in [1.807, 2.05) is 46.4 Å². The normalized spacial score (nSPS) is 11.4. The zero-order valence-corrected chi connectivity index (χ0v) is 19.9. The number of aryl methyl sites for hydroxylation is 2. The van der Waals surface area contributed by atoms with Crippen LogP contribution < -0.4 is 5.32 Å². The number of benzene rings is 2. The summed E-state index contributed by atoms with van der Waals surface area (Å²) in [7, 11) is 0. The van der Waals surface area contributed by atoms with Gasteiger partial charge >= 0.3 is 0 Å². The van der Waals surface area contributed by atoms with Crippen LogP contribution in [0.15, 0.2) is 60.0 Å². The molecule has 0 bridgehead atoms. The van der Waals surface area contributed by atoms with Crippen molar-refractivity contribution < 1.29 is 4.79 Å². The molecule has 3 aromatic heterocycles. The van der Waals surface area contributed by atoms with Crippen LogP contribution in [-0.4, -0.2) is 35.9 Å². The molecule has 2 aromatic carbocycles. The number of hydrogen-bond donors (Lipinski definition) is 1. The summed E-state index contributed by atoms with van der Waals surface area (Å²) in [5.74, 6) is 0.0648. The summed E-state index contributed by atoms with van der Waals surface area (Å²) in [5, 5.41) is 17.6. The number of aromatic nitrogens is 5. The van der Waals surface area contributed by atoms with Crippen molar-refractivity contribution in [1.29, 1.82) is 0 Å². The van der Waals surface area contributed by atoms with Gasteiger partial charge in [-0.05, 0) is 56.2 Å². The Morgan fingerprint density at radius 2 is 1.94 bits per heavy atom. The first-order chi connectivity index (χ1) is 15.9. The molecule has 1 N–H and O–H groups in total. The second-order valence-electron chi connectivity index (χ2n) is 7.90. The number of nitrogens with one attached hydrogen (secondary N) is 1. The molecular weight excluding hydrogens is 456 g/mol. The maximum absolute atomic E-state index is 12.5. The molecule has 33 heavy (non-hydrogen) atoms. The lowest BCUT2D eigenvalue weighted by Gasteiger charge is -2.09. The van der Waals surface area contributed by atoms with E-state index in [4.69, 9.17) is 16.7 Å². The Morgan fingerprint density at radius 1 is 1.09 bits per heavy atom. The van der Waals surface area contributed by atoms with E-state index in [0.717, 1.165) is 22.3 Å². The lowest BCUT2D eigenvalue weighted by molar-refractivity contribution is -0.113. The summed E-state index contributed by atoms with van der Waals surface area (Å²) < 4.78 is 3.69. The Balaban J connectivity index is 1.39. The van der Waals surface area contributed by atoms with Crippen molar-refractivity contribution in [2.75, 3.05) is 11.1 Å². The second kappa shape index (κ2) is 8.53. The summed E-state index contributed by atoms with van der Waals surface area (Å²) in [6.45, 7) is 6.03. The van der Waals surface area contributed by atoms with E-state index in [9.17, 15) is 4.79 Å². The fraction of sp³-hybridized carbons (Fsp3) is 0.167. The standard InChI is InChI=1S/C24H21ClN6OS/c1-14-7-8-15(2)17(11-14)20-12-21-23-27-28-24(30(23)9-10-31(21)29-20)33-13-22(32)26-19-6-4-5-18(25)16(19)3/h4-12H,13H2,1-3H3,(H,26,32). The molecule has 0 aliphatic rings. The lowest BCUT2D eigenvalue weighted by atomic mass is 10.0. The number of amides is 1. The lowest BCUT2D eigenvalue weighted by Crippen LogP contribution is -2.15. The molecule has 0 saturated carbocycles. The van der Waals surface area contributed by atoms with Crippen molar-refractivity contribution >= 4 is 46.1 Å². The van der Waals surface area contributed by atoms with Crippen molar-refractivity contribution in [2.45, 2.75) is 25.9 Å². The van der Waals surface area contributed by atoms with E-state index in [1.165, 1.54) is 22.9 Å². The number of fused-ring (bicyclic) bond motifs is 3. The van der Waals surface area contributed by atoms with E-state index in [-0.39, 0.29) is 11.7 Å². The van der Waals surface area contributed by atoms with Gasteiger partial charge in [0.1, 0.15) is 5.52 Å². The van der Waals surface area contributed by atoms with Gasteiger partial charge in [-0.1, -0.05) is 47.1 Å². The third-order valence-corrected chi connectivity index (χ3v) is 6.88. The average Bonchev–Trinajstić information content (AvgIpc) is 3.41. The number of nitrogens with zero attached hydrogens (tertiary/aromatic N) is 5. The Labute approximate surface area is 199 Å². The quantitative estimate of drug-likeness (QED) is 0.346. The van der Waals surface area contributed by atoms with E-state index in [2.05, 4.69) is 47.6 Å². The number of hydrogen-bond acceptors (Lipinski definition) is 5. The molecule has 0 unspecified atom stereocenters. The van der Waals surface area contributed by atoms with Gasteiger partial charge in [0, 0.05) is 28.7 Å². The fourth-order valence-corrected chi connectivity index (χ4v) is 4.58. The van der Waals surface area contributed by atoms with Crippen molar-refractivity contribution in [1.82, 2.24) is 24.2 Å². The smallest absolute Gasteiger partial charge is 0.234 e. The highest BCUT2D eigenvalue weighted by Gasteiger charge is 2.15. The Morgan fingerprint density at radius 3 is 2.79 bits per heavy atom. The summed E-state index contributed by atoms with van der Waals surface area (Å²) in [6.07, 6.45) is 3.74. The largest absolute Gasteiger partial charge is 0.325 e. The molecule has 0 aliphatic carbocycles. The summed E-state index contributed by atoms with van der Waals surface area (Å²) >= 11 is 7.47. The van der Waals surface area contributed by atoms with Crippen LogP contribution >= 0.6 is 23.4 Å². The monoisotopic (exact) mass is 476 g/mol. The second-order valence-corrected chi connectivity index (χ2v) is 9.25. The Bertz CT molecular complexity index is 1520. The molecule has 7 nitrogen and oxygen atoms in total. The van der Waals surface area contributed by atoms with Crippen molar-refractivity contribution in [3.63, 3.8) is 0 Å². The van der Waals surface area contributed by atoms with Gasteiger partial charge in [0.2, 0.25) is 5.91 Å². The van der Waals surface area contributed by atoms with Gasteiger partial charge in [0.05, 0.1) is 11.4 Å². The van der Waals surface area contributed by atoms with Gasteiger partial charge in [-0.3, -0.25) is 9.20 Å². The molecular formula is C24H21ClN6OS. The molecule has 1 amide bonds. The number of anilines is 1. The maximum Gasteiger partial charge on any atom is 0.234 e. The molecule has 0 spiro atoms. The molecule has 0 atom stereocenters. The van der Waals surface area contributed by atoms with Gasteiger partial charge in [0.25, 0.3) is 0 Å². The van der Waals surface area contributed by atoms with E-state index >= 15 is 0 Å². The SMILES string of the molecule is Cc1ccc(C)c(-c2cc3c4nnc(SCC(=O)Nc5cccc(Cl)c5C)n4ccn3n2)c1. The highest BCUT2D eigenvalue weighted by atomic mass is 35.5. The molecule has 0 fully saturated rings. The maximum atomic E-state index is 12.5. The highest BCUT2D eigenvalue weighted by molar-refractivity contribution is 7.99. The Hall–Kier alpha value is -3.36. The van der Waals surface area contributed by atoms with Gasteiger partial charge in [-0.15, -0.1) is 10.2 Å². The van der Waals surface area contributed by atoms with Crippen LogP contribution in [0.1, 0.15) is 16.7 Å². The number of carbonyl (C=O) groups is 1. The molecule has 5 aromatic rings. The first-order valence-corrected chi connectivity index (χ1v) is 11.8. The van der Waals surface area contributed by atoms with Crippen LogP contribution in [-0.2, 0) is 4.79 Å². The predicted molar refractivity (Wildman–Crippen MR) is 132 cm³/mol. The van der Waals surface area contributed by atoms with E-state index in [0.29, 0.717) is 21.5 Å². The van der Waals surface area contributed by atoms with Crippen LogP contribution in [0.2, 0.25) is 5.02 Å². The third kappa shape index (κ3) is 4.07. The molecule has 0 aliphatic heterocycles. The van der Waals surface area contributed by atoms with Gasteiger partial charge < -0.3 is 5.32 Å². The minimum Gasteiger partial charge on any atom is -0.325 e. The minimum absolute atomic E-state index is 0.134. The molecule has 166 valence electrons. The predicted octanol–water partition coefficient (Wildman–Crippen LogP) is 5.35. The fourth-order valence-electron chi connectivity index (χ4n) is 3.69. The number of rotatable bonds is 5. The van der Waals surface area contributed by atoms with Crippen LogP contribution in [0.25, 0.3) is 22.4 Å². The molecule has 0 radical (unpaired) electrons. The minimum atomic E-state index is -0.134. The molecule has 9 heteroatoms. The number of carbonyl (C=O) groups excluding carboxylic acids is 1. The first kappa shape index (κ1) is 21.5. The van der Waals surface area contributed by atoms with Crippen molar-refractivity contribution in [3.05, 3.63) is 76.6 Å². The molecule has 5 rings (SSSR count).